The predicted octanol–water partition coefficient (Wildman–Crippen LogP) is 15.7. The highest BCUT2D eigenvalue weighted by atomic mass is 32.1. The van der Waals surface area contributed by atoms with Crippen LogP contribution in [0.5, 0.6) is 0 Å². The highest BCUT2D eigenvalue weighted by Crippen LogP contribution is 2.57. The topological polar surface area (TPSA) is 3.24 Å². The van der Waals surface area contributed by atoms with Crippen molar-refractivity contribution in [3.63, 3.8) is 0 Å². The van der Waals surface area contributed by atoms with Crippen molar-refractivity contribution in [3.05, 3.63) is 262 Å². The molecule has 1 unspecified atom stereocenters. The first-order valence-corrected chi connectivity index (χ1v) is 22.4. The molecule has 4 aliphatic carbocycles. The standard InChI is InChI=1S/C59H43NS/c1-4-17-42(18-5-1)58-48-23-11-10-16-40(48)30-35-49(58)41-28-31-45(32-29-41)60(46-34-37-57-53(38-46)52-25-13-15-27-56(52)61-57)47-33-36-51-50-24-12-14-26-54(50)59(55(51)39-47,43-19-6-2-7-20-43)44-21-8-3-9-22-44/h1-14,17-26,28-40H,15-16,27H2. The number of rotatable bonds is 7. The van der Waals surface area contributed by atoms with E-state index in [1.807, 2.05) is 11.3 Å². The third kappa shape index (κ3) is 5.74. The Bertz CT molecular complexity index is 3100. The van der Waals surface area contributed by atoms with Gasteiger partial charge in [0.2, 0.25) is 0 Å². The molecule has 1 heterocycles. The zero-order chi connectivity index (χ0) is 40.3. The van der Waals surface area contributed by atoms with E-state index in [4.69, 9.17) is 0 Å². The second-order valence-electron chi connectivity index (χ2n) is 16.6. The van der Waals surface area contributed by atoms with Gasteiger partial charge in [-0.25, -0.2) is 0 Å². The molecule has 12 rings (SSSR count). The Morgan fingerprint density at radius 2 is 1.23 bits per heavy atom. The fourth-order valence-corrected chi connectivity index (χ4v) is 11.8. The molecule has 0 radical (unpaired) electrons. The summed E-state index contributed by atoms with van der Waals surface area (Å²) in [6, 6.07) is 65.8. The van der Waals surface area contributed by atoms with Crippen molar-refractivity contribution in [2.24, 2.45) is 5.92 Å². The fourth-order valence-electron chi connectivity index (χ4n) is 10.6. The number of fused-ring (bicyclic) bond motifs is 7. The van der Waals surface area contributed by atoms with E-state index >= 15 is 0 Å². The Hall–Kier alpha value is -7.00. The molecule has 1 atom stereocenters. The second kappa shape index (κ2) is 14.6. The summed E-state index contributed by atoms with van der Waals surface area (Å²) < 4.78 is 1.35. The van der Waals surface area contributed by atoms with Gasteiger partial charge in [0.1, 0.15) is 0 Å². The summed E-state index contributed by atoms with van der Waals surface area (Å²) in [6.07, 6.45) is 19.5. The van der Waals surface area contributed by atoms with Gasteiger partial charge < -0.3 is 4.90 Å². The lowest BCUT2D eigenvalue weighted by molar-refractivity contribution is 0.768. The van der Waals surface area contributed by atoms with Crippen LogP contribution in [0.1, 0.15) is 56.7 Å². The highest BCUT2D eigenvalue weighted by molar-refractivity contribution is 7.19. The van der Waals surface area contributed by atoms with Gasteiger partial charge >= 0.3 is 0 Å². The van der Waals surface area contributed by atoms with Crippen molar-refractivity contribution in [2.45, 2.75) is 24.7 Å². The molecule has 7 aromatic carbocycles. The van der Waals surface area contributed by atoms with E-state index in [1.54, 1.807) is 0 Å². The van der Waals surface area contributed by atoms with Gasteiger partial charge in [0.25, 0.3) is 0 Å². The first-order valence-electron chi connectivity index (χ1n) is 21.6. The van der Waals surface area contributed by atoms with Gasteiger partial charge in [0.15, 0.2) is 0 Å². The van der Waals surface area contributed by atoms with Gasteiger partial charge in [-0.15, -0.1) is 11.3 Å². The van der Waals surface area contributed by atoms with Crippen LogP contribution in [-0.4, -0.2) is 0 Å². The summed E-state index contributed by atoms with van der Waals surface area (Å²) in [5.41, 5.74) is 18.5. The molecule has 0 spiro atoms. The summed E-state index contributed by atoms with van der Waals surface area (Å²) in [6.45, 7) is 0. The molecule has 0 fully saturated rings. The number of allylic oxidation sites excluding steroid dienone is 9. The van der Waals surface area contributed by atoms with Crippen LogP contribution in [0.3, 0.4) is 0 Å². The van der Waals surface area contributed by atoms with Crippen LogP contribution >= 0.6 is 11.3 Å². The Balaban J connectivity index is 1.07. The van der Waals surface area contributed by atoms with Crippen molar-refractivity contribution in [1.82, 2.24) is 0 Å². The molecule has 290 valence electrons. The monoisotopic (exact) mass is 797 g/mol. The van der Waals surface area contributed by atoms with Crippen molar-refractivity contribution < 1.29 is 0 Å². The lowest BCUT2D eigenvalue weighted by atomic mass is 9.67. The van der Waals surface area contributed by atoms with Crippen molar-refractivity contribution in [1.29, 1.82) is 0 Å². The molecule has 61 heavy (non-hydrogen) atoms. The van der Waals surface area contributed by atoms with Gasteiger partial charge in [-0.3, -0.25) is 0 Å². The van der Waals surface area contributed by atoms with E-state index in [1.165, 1.54) is 81.8 Å². The lowest BCUT2D eigenvalue weighted by Gasteiger charge is -2.35. The Morgan fingerprint density at radius 1 is 0.557 bits per heavy atom. The minimum atomic E-state index is -0.490. The van der Waals surface area contributed by atoms with Crippen LogP contribution in [-0.2, 0) is 11.8 Å². The first-order chi connectivity index (χ1) is 30.3. The van der Waals surface area contributed by atoms with Gasteiger partial charge in [-0.1, -0.05) is 176 Å². The maximum Gasteiger partial charge on any atom is 0.0714 e. The normalized spacial score (nSPS) is 16.8. The second-order valence-corrected chi connectivity index (χ2v) is 17.7. The minimum Gasteiger partial charge on any atom is -0.310 e. The molecular weight excluding hydrogens is 755 g/mol. The molecule has 0 amide bonds. The molecule has 1 nitrogen and oxygen atoms in total. The molecule has 0 N–H and O–H groups in total. The first kappa shape index (κ1) is 35.9. The van der Waals surface area contributed by atoms with E-state index < -0.39 is 5.41 Å². The predicted molar refractivity (Wildman–Crippen MR) is 259 cm³/mol. The van der Waals surface area contributed by atoms with Gasteiger partial charge in [-0.05, 0) is 129 Å². The third-order valence-corrected chi connectivity index (χ3v) is 14.6. The quantitative estimate of drug-likeness (QED) is 0.155. The van der Waals surface area contributed by atoms with E-state index in [-0.39, 0.29) is 0 Å². The third-order valence-electron chi connectivity index (χ3n) is 13.3. The zero-order valence-electron chi connectivity index (χ0n) is 33.8. The average molecular weight is 798 g/mol. The van der Waals surface area contributed by atoms with E-state index in [0.717, 1.165) is 36.3 Å². The Morgan fingerprint density at radius 3 is 2.02 bits per heavy atom. The summed E-state index contributed by atoms with van der Waals surface area (Å²) >= 11 is 1.95. The van der Waals surface area contributed by atoms with E-state index in [2.05, 4.69) is 223 Å². The number of hydrogen-bond donors (Lipinski definition) is 0. The molecule has 1 aromatic heterocycles. The number of nitrogens with zero attached hydrogens (tertiary/aromatic N) is 1. The number of thiophene rings is 1. The number of benzene rings is 7. The molecule has 0 saturated heterocycles. The van der Waals surface area contributed by atoms with Crippen molar-refractivity contribution in [3.8, 4) is 11.1 Å². The summed E-state index contributed by atoms with van der Waals surface area (Å²) in [4.78, 5) is 3.97. The molecule has 0 bridgehead atoms. The molecule has 0 aliphatic heterocycles. The fraction of sp³-hybridized carbons (Fsp3) is 0.0847. The molecule has 2 heteroatoms. The van der Waals surface area contributed by atoms with Crippen molar-refractivity contribution >= 4 is 55.7 Å². The highest BCUT2D eigenvalue weighted by Gasteiger charge is 2.46. The van der Waals surface area contributed by atoms with Crippen molar-refractivity contribution in [2.75, 3.05) is 4.90 Å². The maximum absolute atomic E-state index is 2.49. The lowest BCUT2D eigenvalue weighted by Crippen LogP contribution is -2.28. The SMILES string of the molecule is C1=CCC2C=CC(c3ccc(N(c4ccc5c(c4)C(c4ccccc4)(c4ccccc4)c4ccccc4-5)c4ccc5sc6c(c5c4)C=CCC6)cc3)=C(c3ccccc3)C2=C1. The number of hydrogen-bond acceptors (Lipinski definition) is 2. The van der Waals surface area contributed by atoms with E-state index in [0.29, 0.717) is 5.92 Å². The Labute approximate surface area is 362 Å². The van der Waals surface area contributed by atoms with Crippen LogP contribution in [0, 0.1) is 5.92 Å². The van der Waals surface area contributed by atoms with Crippen LogP contribution in [0.4, 0.5) is 17.1 Å². The summed E-state index contributed by atoms with van der Waals surface area (Å²) in [7, 11) is 0. The zero-order valence-corrected chi connectivity index (χ0v) is 34.7. The smallest absolute Gasteiger partial charge is 0.0714 e. The van der Waals surface area contributed by atoms with E-state index in [9.17, 15) is 0 Å². The minimum absolute atomic E-state index is 0.399. The molecule has 8 aromatic rings. The van der Waals surface area contributed by atoms with Crippen LogP contribution in [0.15, 0.2) is 218 Å². The molecule has 0 saturated carbocycles. The van der Waals surface area contributed by atoms with Crippen LogP contribution < -0.4 is 4.90 Å². The maximum atomic E-state index is 2.49. The van der Waals surface area contributed by atoms with Crippen LogP contribution in [0.25, 0.3) is 38.4 Å². The molecule has 4 aliphatic rings. The summed E-state index contributed by atoms with van der Waals surface area (Å²) in [5.74, 6) is 0.399. The summed E-state index contributed by atoms with van der Waals surface area (Å²) in [5, 5.41) is 1.33. The largest absolute Gasteiger partial charge is 0.310 e. The number of anilines is 3. The Kier molecular flexibility index (Phi) is 8.61. The number of aryl methyl sites for hydroxylation is 1. The van der Waals surface area contributed by atoms with Gasteiger partial charge in [-0.2, -0.15) is 0 Å². The van der Waals surface area contributed by atoms with Crippen LogP contribution in [0.2, 0.25) is 0 Å². The molecular formula is C59H43NS. The average Bonchev–Trinajstić information content (AvgIpc) is 3.86. The van der Waals surface area contributed by atoms with Gasteiger partial charge in [0.05, 0.1) is 5.41 Å². The van der Waals surface area contributed by atoms with Gasteiger partial charge in [0, 0.05) is 37.9 Å².